The minimum absolute atomic E-state index is 0.0203. The zero-order valence-electron chi connectivity index (χ0n) is 15.9. The largest absolute Gasteiger partial charge is 0.364 e. The maximum atomic E-state index is 12.9. The molecule has 0 saturated carbocycles. The third-order valence-electron chi connectivity index (χ3n) is 4.90. The van der Waals surface area contributed by atoms with Gasteiger partial charge < -0.3 is 9.64 Å². The maximum absolute atomic E-state index is 12.9. The summed E-state index contributed by atoms with van der Waals surface area (Å²) in [5.41, 5.74) is 2.55. The molecule has 7 nitrogen and oxygen atoms in total. The molecule has 1 aliphatic rings. The number of hydrogen-bond donors (Lipinski definition) is 0. The van der Waals surface area contributed by atoms with Gasteiger partial charge in [-0.25, -0.2) is 15.0 Å². The van der Waals surface area contributed by atoms with Crippen LogP contribution < -0.4 is 9.80 Å². The molecule has 146 valence electrons. The van der Waals surface area contributed by atoms with E-state index >= 15 is 0 Å². The fourth-order valence-electron chi connectivity index (χ4n) is 3.41. The summed E-state index contributed by atoms with van der Waals surface area (Å²) < 4.78 is 6.81. The predicted molar refractivity (Wildman–Crippen MR) is 114 cm³/mol. The SMILES string of the molecule is CN1CCN(C(=O)COCc2nc3ccccc3s2)c2nc3ccccc3nc21. The Hall–Kier alpha value is -3.10. The molecule has 0 spiro atoms. The lowest BCUT2D eigenvalue weighted by atomic mass is 10.2. The lowest BCUT2D eigenvalue weighted by Crippen LogP contribution is -2.45. The van der Waals surface area contributed by atoms with Crippen LogP contribution in [0.15, 0.2) is 48.5 Å². The van der Waals surface area contributed by atoms with Gasteiger partial charge in [0.05, 0.1) is 27.9 Å². The standard InChI is InChI=1S/C21H19N5O2S/c1-25-10-11-26(21-20(25)23-14-6-2-3-7-15(14)24-21)19(27)13-28-12-18-22-16-8-4-5-9-17(16)29-18/h2-9H,10-13H2,1H3. The third-order valence-corrected chi connectivity index (χ3v) is 5.91. The van der Waals surface area contributed by atoms with E-state index in [1.807, 2.05) is 60.5 Å². The highest BCUT2D eigenvalue weighted by Crippen LogP contribution is 2.30. The molecule has 5 rings (SSSR count). The van der Waals surface area contributed by atoms with Crippen molar-refractivity contribution < 1.29 is 9.53 Å². The average molecular weight is 405 g/mol. The minimum atomic E-state index is -0.120. The minimum Gasteiger partial charge on any atom is -0.364 e. The summed E-state index contributed by atoms with van der Waals surface area (Å²) in [5, 5.41) is 0.864. The first-order valence-electron chi connectivity index (χ1n) is 9.39. The molecule has 0 fully saturated rings. The number of amides is 1. The van der Waals surface area contributed by atoms with E-state index in [0.29, 0.717) is 25.5 Å². The first kappa shape index (κ1) is 18.0. The Morgan fingerprint density at radius 2 is 1.66 bits per heavy atom. The number of para-hydroxylation sites is 3. The van der Waals surface area contributed by atoms with Gasteiger partial charge in [-0.2, -0.15) is 0 Å². The van der Waals surface area contributed by atoms with Crippen molar-refractivity contribution in [3.8, 4) is 0 Å². The number of ether oxygens (including phenoxy) is 1. The molecule has 0 radical (unpaired) electrons. The lowest BCUT2D eigenvalue weighted by molar-refractivity contribution is -0.123. The van der Waals surface area contributed by atoms with Crippen LogP contribution in [0.5, 0.6) is 0 Å². The second-order valence-electron chi connectivity index (χ2n) is 6.89. The van der Waals surface area contributed by atoms with E-state index in [4.69, 9.17) is 14.7 Å². The number of fused-ring (bicyclic) bond motifs is 3. The highest BCUT2D eigenvalue weighted by atomic mass is 32.1. The number of likely N-dealkylation sites (N-methyl/N-ethyl adjacent to an activating group) is 1. The van der Waals surface area contributed by atoms with Gasteiger partial charge in [0.1, 0.15) is 11.6 Å². The van der Waals surface area contributed by atoms with Gasteiger partial charge in [-0.3, -0.25) is 9.69 Å². The summed E-state index contributed by atoms with van der Waals surface area (Å²) in [7, 11) is 1.97. The van der Waals surface area contributed by atoms with Crippen LogP contribution in [0.25, 0.3) is 21.3 Å². The summed E-state index contributed by atoms with van der Waals surface area (Å²) in [6, 6.07) is 15.7. The molecular weight excluding hydrogens is 386 g/mol. The van der Waals surface area contributed by atoms with Crippen LogP contribution in [0.2, 0.25) is 0 Å². The van der Waals surface area contributed by atoms with E-state index in [1.165, 1.54) is 0 Å². The van der Waals surface area contributed by atoms with Crippen LogP contribution in [0.4, 0.5) is 11.6 Å². The molecule has 0 atom stereocenters. The topological polar surface area (TPSA) is 71.5 Å². The number of benzene rings is 2. The van der Waals surface area contributed by atoms with Crippen LogP contribution >= 0.6 is 11.3 Å². The summed E-state index contributed by atoms with van der Waals surface area (Å²) >= 11 is 1.58. The van der Waals surface area contributed by atoms with Gasteiger partial charge in [-0.1, -0.05) is 24.3 Å². The number of nitrogens with zero attached hydrogens (tertiary/aromatic N) is 5. The van der Waals surface area contributed by atoms with E-state index in [0.717, 1.165) is 32.1 Å². The third kappa shape index (κ3) is 3.41. The Morgan fingerprint density at radius 3 is 2.41 bits per heavy atom. The molecule has 1 aliphatic heterocycles. The molecule has 2 aromatic heterocycles. The number of thiazole rings is 1. The van der Waals surface area contributed by atoms with Crippen molar-refractivity contribution in [1.29, 1.82) is 0 Å². The molecule has 4 aromatic rings. The molecule has 0 aliphatic carbocycles. The van der Waals surface area contributed by atoms with Crippen LogP contribution in [0.1, 0.15) is 5.01 Å². The molecule has 1 amide bonds. The Labute approximate surface area is 171 Å². The van der Waals surface area contributed by atoms with E-state index in [-0.39, 0.29) is 12.5 Å². The van der Waals surface area contributed by atoms with Crippen LogP contribution in [0.3, 0.4) is 0 Å². The quantitative estimate of drug-likeness (QED) is 0.519. The van der Waals surface area contributed by atoms with Gasteiger partial charge in [0.25, 0.3) is 5.91 Å². The van der Waals surface area contributed by atoms with E-state index in [2.05, 4.69) is 4.98 Å². The number of carbonyl (C=O) groups excluding carboxylic acids is 1. The fraction of sp³-hybridized carbons (Fsp3) is 0.238. The van der Waals surface area contributed by atoms with Gasteiger partial charge in [0, 0.05) is 20.1 Å². The van der Waals surface area contributed by atoms with Gasteiger partial charge in [0.15, 0.2) is 11.6 Å². The molecule has 2 aromatic carbocycles. The van der Waals surface area contributed by atoms with Crippen molar-refractivity contribution in [2.24, 2.45) is 0 Å². The molecule has 0 saturated heterocycles. The van der Waals surface area contributed by atoms with Crippen molar-refractivity contribution in [3.63, 3.8) is 0 Å². The van der Waals surface area contributed by atoms with Gasteiger partial charge in [0.2, 0.25) is 0 Å². The van der Waals surface area contributed by atoms with Crippen LogP contribution in [-0.4, -0.2) is 47.6 Å². The summed E-state index contributed by atoms with van der Waals surface area (Å²) in [4.78, 5) is 30.5. The number of carbonyl (C=O) groups is 1. The van der Waals surface area contributed by atoms with E-state index < -0.39 is 0 Å². The summed E-state index contributed by atoms with van der Waals surface area (Å²) in [6.45, 7) is 1.55. The number of hydrogen-bond acceptors (Lipinski definition) is 7. The highest BCUT2D eigenvalue weighted by molar-refractivity contribution is 7.18. The van der Waals surface area contributed by atoms with Gasteiger partial charge >= 0.3 is 0 Å². The fourth-order valence-corrected chi connectivity index (χ4v) is 4.31. The van der Waals surface area contributed by atoms with Crippen molar-refractivity contribution in [1.82, 2.24) is 15.0 Å². The maximum Gasteiger partial charge on any atom is 0.254 e. The number of rotatable bonds is 4. The Morgan fingerprint density at radius 1 is 0.966 bits per heavy atom. The lowest BCUT2D eigenvalue weighted by Gasteiger charge is -2.33. The zero-order chi connectivity index (χ0) is 19.8. The van der Waals surface area contributed by atoms with Crippen molar-refractivity contribution in [3.05, 3.63) is 53.5 Å². The number of aromatic nitrogens is 3. The van der Waals surface area contributed by atoms with Crippen molar-refractivity contribution in [2.45, 2.75) is 6.61 Å². The van der Waals surface area contributed by atoms with Gasteiger partial charge in [-0.05, 0) is 24.3 Å². The monoisotopic (exact) mass is 405 g/mol. The average Bonchev–Trinajstić information content (AvgIpc) is 3.15. The van der Waals surface area contributed by atoms with Crippen molar-refractivity contribution in [2.75, 3.05) is 36.5 Å². The zero-order valence-corrected chi connectivity index (χ0v) is 16.7. The normalized spacial score (nSPS) is 13.8. The van der Waals surface area contributed by atoms with Crippen LogP contribution in [0, 0.1) is 0 Å². The molecule has 29 heavy (non-hydrogen) atoms. The highest BCUT2D eigenvalue weighted by Gasteiger charge is 2.28. The smallest absolute Gasteiger partial charge is 0.254 e. The molecule has 3 heterocycles. The Balaban J connectivity index is 1.32. The van der Waals surface area contributed by atoms with Gasteiger partial charge in [-0.15, -0.1) is 11.3 Å². The molecule has 0 unspecified atom stereocenters. The second-order valence-corrected chi connectivity index (χ2v) is 8.01. The molecule has 0 bridgehead atoms. The molecule has 0 N–H and O–H groups in total. The summed E-state index contributed by atoms with van der Waals surface area (Å²) in [5.74, 6) is 1.19. The Bertz CT molecular complexity index is 1180. The van der Waals surface area contributed by atoms with E-state index in [1.54, 1.807) is 16.2 Å². The van der Waals surface area contributed by atoms with E-state index in [9.17, 15) is 4.79 Å². The van der Waals surface area contributed by atoms with Crippen LogP contribution in [-0.2, 0) is 16.1 Å². The second kappa shape index (κ2) is 7.38. The Kier molecular flexibility index (Phi) is 4.57. The molecule has 8 heteroatoms. The predicted octanol–water partition coefficient (Wildman–Crippen LogP) is 3.24. The number of anilines is 2. The summed E-state index contributed by atoms with van der Waals surface area (Å²) in [6.07, 6.45) is 0. The van der Waals surface area contributed by atoms with Crippen molar-refractivity contribution >= 4 is 50.1 Å². The first-order chi connectivity index (χ1) is 14.2. The first-order valence-corrected chi connectivity index (χ1v) is 10.2. The molecular formula is C21H19N5O2S.